The predicted molar refractivity (Wildman–Crippen MR) is 108 cm³/mol. The Bertz CT molecular complexity index is 1050. The maximum absolute atomic E-state index is 12.7. The van der Waals surface area contributed by atoms with Gasteiger partial charge in [-0.1, -0.05) is 77.9 Å². The normalized spacial score (nSPS) is 12.6. The third-order valence-corrected chi connectivity index (χ3v) is 4.62. The third kappa shape index (κ3) is 3.58. The molecule has 30 heavy (non-hydrogen) atoms. The number of nitrogens with zero attached hydrogens (tertiary/aromatic N) is 1. The second-order valence-electron chi connectivity index (χ2n) is 6.57. The van der Waals surface area contributed by atoms with Gasteiger partial charge in [0.1, 0.15) is 0 Å². The van der Waals surface area contributed by atoms with E-state index in [2.05, 4.69) is 6.58 Å². The summed E-state index contributed by atoms with van der Waals surface area (Å²) in [5.74, 6) is -2.68. The molecule has 0 atom stereocenters. The van der Waals surface area contributed by atoms with E-state index in [9.17, 15) is 14.4 Å². The first-order valence-corrected chi connectivity index (χ1v) is 9.22. The number of ether oxygens (including phenoxy) is 1. The zero-order valence-corrected chi connectivity index (χ0v) is 15.9. The summed E-state index contributed by atoms with van der Waals surface area (Å²) in [6.45, 7) is 3.55. The van der Waals surface area contributed by atoms with E-state index < -0.39 is 29.6 Å². The standard InChI is InChI=1S/C24H17NO5/c1-16(30-25-22(26)19-14-8-9-15-20(19)23(25)27)24(28)29-21(17-10-4-2-5-11-17)18-12-6-3-7-13-18/h2-15,21H,1H2. The first-order chi connectivity index (χ1) is 14.6. The molecule has 0 radical (unpaired) electrons. The lowest BCUT2D eigenvalue weighted by Crippen LogP contribution is -2.31. The molecule has 0 unspecified atom stereocenters. The van der Waals surface area contributed by atoms with E-state index in [0.29, 0.717) is 5.06 Å². The molecule has 0 saturated heterocycles. The van der Waals surface area contributed by atoms with E-state index in [4.69, 9.17) is 9.57 Å². The zero-order chi connectivity index (χ0) is 21.1. The summed E-state index contributed by atoms with van der Waals surface area (Å²) in [6, 6.07) is 24.7. The van der Waals surface area contributed by atoms with Crippen LogP contribution in [-0.4, -0.2) is 22.8 Å². The van der Waals surface area contributed by atoms with Crippen LogP contribution in [0.4, 0.5) is 0 Å². The average Bonchev–Trinajstić information content (AvgIpc) is 3.03. The SMILES string of the molecule is C=C(ON1C(=O)c2ccccc2C1=O)C(=O)OC(c1ccccc1)c1ccccc1. The van der Waals surface area contributed by atoms with E-state index in [-0.39, 0.29) is 11.1 Å². The van der Waals surface area contributed by atoms with Crippen molar-refractivity contribution in [1.82, 2.24) is 5.06 Å². The first kappa shape index (κ1) is 19.1. The number of imide groups is 1. The summed E-state index contributed by atoms with van der Waals surface area (Å²) in [5.41, 5.74) is 1.92. The average molecular weight is 399 g/mol. The maximum atomic E-state index is 12.7. The Hall–Kier alpha value is -4.19. The lowest BCUT2D eigenvalue weighted by Gasteiger charge is -2.20. The van der Waals surface area contributed by atoms with Crippen molar-refractivity contribution in [3.05, 3.63) is 120 Å². The van der Waals surface area contributed by atoms with Crippen molar-refractivity contribution in [2.45, 2.75) is 6.10 Å². The summed E-state index contributed by atoms with van der Waals surface area (Å²) in [4.78, 5) is 42.7. The van der Waals surface area contributed by atoms with Gasteiger partial charge in [-0.05, 0) is 29.8 Å². The number of amides is 2. The number of fused-ring (bicyclic) bond motifs is 1. The summed E-state index contributed by atoms with van der Waals surface area (Å²) in [5, 5.41) is 0.522. The van der Waals surface area contributed by atoms with Gasteiger partial charge in [-0.15, -0.1) is 0 Å². The summed E-state index contributed by atoms with van der Waals surface area (Å²) >= 11 is 0. The van der Waals surface area contributed by atoms with Crippen LogP contribution >= 0.6 is 0 Å². The van der Waals surface area contributed by atoms with Crippen LogP contribution in [0.5, 0.6) is 0 Å². The molecule has 3 aromatic rings. The number of hydroxylamine groups is 2. The quantitative estimate of drug-likeness (QED) is 0.271. The fourth-order valence-electron chi connectivity index (χ4n) is 3.15. The van der Waals surface area contributed by atoms with Crippen LogP contribution in [0.15, 0.2) is 97.3 Å². The summed E-state index contributed by atoms with van der Waals surface area (Å²) in [6.07, 6.45) is -0.706. The highest BCUT2D eigenvalue weighted by molar-refractivity contribution is 6.20. The minimum absolute atomic E-state index is 0.204. The van der Waals surface area contributed by atoms with E-state index >= 15 is 0 Å². The Morgan fingerprint density at radius 3 is 1.63 bits per heavy atom. The van der Waals surface area contributed by atoms with Crippen molar-refractivity contribution >= 4 is 17.8 Å². The van der Waals surface area contributed by atoms with Crippen molar-refractivity contribution in [1.29, 1.82) is 0 Å². The Labute approximate surface area is 172 Å². The molecule has 0 aliphatic carbocycles. The number of hydrogen-bond acceptors (Lipinski definition) is 5. The monoisotopic (exact) mass is 399 g/mol. The van der Waals surface area contributed by atoms with Gasteiger partial charge in [0.05, 0.1) is 11.1 Å². The smallest absolute Gasteiger partial charge is 0.377 e. The predicted octanol–water partition coefficient (Wildman–Crippen LogP) is 4.06. The molecular formula is C24H17NO5. The number of rotatable bonds is 6. The lowest BCUT2D eigenvalue weighted by molar-refractivity contribution is -0.153. The van der Waals surface area contributed by atoms with Gasteiger partial charge in [0.15, 0.2) is 6.10 Å². The third-order valence-electron chi connectivity index (χ3n) is 4.62. The highest BCUT2D eigenvalue weighted by Gasteiger charge is 2.38. The van der Waals surface area contributed by atoms with E-state index in [0.717, 1.165) is 11.1 Å². The molecule has 0 fully saturated rings. The van der Waals surface area contributed by atoms with Crippen molar-refractivity contribution in [3.63, 3.8) is 0 Å². The molecule has 148 valence electrons. The van der Waals surface area contributed by atoms with Gasteiger partial charge in [-0.25, -0.2) is 4.79 Å². The largest absolute Gasteiger partial charge is 0.447 e. The Morgan fingerprint density at radius 2 is 1.17 bits per heavy atom. The molecule has 6 heteroatoms. The molecule has 0 bridgehead atoms. The Kier molecular flexibility index (Phi) is 5.13. The molecule has 1 heterocycles. The molecule has 4 rings (SSSR count). The van der Waals surface area contributed by atoms with Gasteiger partial charge in [0.25, 0.3) is 11.8 Å². The lowest BCUT2D eigenvalue weighted by atomic mass is 10.0. The minimum Gasteiger partial charge on any atom is -0.447 e. The number of carbonyl (C=O) groups is 3. The van der Waals surface area contributed by atoms with Crippen molar-refractivity contribution < 1.29 is 24.0 Å². The fraction of sp³-hybridized carbons (Fsp3) is 0.0417. The van der Waals surface area contributed by atoms with Gasteiger partial charge in [-0.3, -0.25) is 9.59 Å². The van der Waals surface area contributed by atoms with Gasteiger partial charge < -0.3 is 9.57 Å². The van der Waals surface area contributed by atoms with Crippen LogP contribution in [-0.2, 0) is 14.4 Å². The molecule has 0 saturated carbocycles. The maximum Gasteiger partial charge on any atom is 0.377 e. The highest BCUT2D eigenvalue weighted by Crippen LogP contribution is 2.28. The number of carbonyl (C=O) groups excluding carboxylic acids is 3. The van der Waals surface area contributed by atoms with E-state index in [1.165, 1.54) is 12.1 Å². The van der Waals surface area contributed by atoms with Crippen molar-refractivity contribution in [2.75, 3.05) is 0 Å². The number of hydrogen-bond donors (Lipinski definition) is 0. The second-order valence-corrected chi connectivity index (χ2v) is 6.57. The molecule has 1 aliphatic heterocycles. The minimum atomic E-state index is -0.885. The van der Waals surface area contributed by atoms with Crippen LogP contribution in [0.25, 0.3) is 0 Å². The number of esters is 1. The fourth-order valence-corrected chi connectivity index (χ4v) is 3.15. The Balaban J connectivity index is 1.52. The molecule has 0 N–H and O–H groups in total. The molecular weight excluding hydrogens is 382 g/mol. The molecule has 6 nitrogen and oxygen atoms in total. The topological polar surface area (TPSA) is 72.9 Å². The summed E-state index contributed by atoms with van der Waals surface area (Å²) < 4.78 is 5.63. The van der Waals surface area contributed by atoms with Crippen molar-refractivity contribution in [3.8, 4) is 0 Å². The van der Waals surface area contributed by atoms with E-state index in [1.807, 2.05) is 60.7 Å². The van der Waals surface area contributed by atoms with Gasteiger partial charge in [0.2, 0.25) is 5.76 Å². The van der Waals surface area contributed by atoms with Crippen molar-refractivity contribution in [2.24, 2.45) is 0 Å². The first-order valence-electron chi connectivity index (χ1n) is 9.22. The Morgan fingerprint density at radius 1 is 0.733 bits per heavy atom. The molecule has 1 aliphatic rings. The van der Waals surface area contributed by atoms with Crippen LogP contribution < -0.4 is 0 Å². The summed E-state index contributed by atoms with van der Waals surface area (Å²) in [7, 11) is 0. The number of benzene rings is 3. The second kappa shape index (κ2) is 8.05. The van der Waals surface area contributed by atoms with E-state index in [1.54, 1.807) is 12.1 Å². The van der Waals surface area contributed by atoms with Gasteiger partial charge in [-0.2, -0.15) is 0 Å². The van der Waals surface area contributed by atoms with Crippen LogP contribution in [0.2, 0.25) is 0 Å². The van der Waals surface area contributed by atoms with Crippen LogP contribution in [0, 0.1) is 0 Å². The molecule has 0 spiro atoms. The van der Waals surface area contributed by atoms with Gasteiger partial charge in [0, 0.05) is 0 Å². The highest BCUT2D eigenvalue weighted by atomic mass is 16.7. The van der Waals surface area contributed by atoms with Crippen LogP contribution in [0.3, 0.4) is 0 Å². The molecule has 3 aromatic carbocycles. The molecule has 2 amide bonds. The molecule has 0 aromatic heterocycles. The van der Waals surface area contributed by atoms with Crippen LogP contribution in [0.1, 0.15) is 37.9 Å². The zero-order valence-electron chi connectivity index (χ0n) is 15.9. The van der Waals surface area contributed by atoms with Gasteiger partial charge >= 0.3 is 5.97 Å².